The van der Waals surface area contributed by atoms with Crippen molar-refractivity contribution in [3.8, 4) is 5.75 Å². The Morgan fingerprint density at radius 1 is 1.27 bits per heavy atom. The molecule has 0 saturated heterocycles. The first-order chi connectivity index (χ1) is 10.7. The monoisotopic (exact) mass is 298 g/mol. The number of hydrogen-bond donors (Lipinski definition) is 2. The molecule has 0 bridgehead atoms. The molecule has 6 nitrogen and oxygen atoms in total. The highest BCUT2D eigenvalue weighted by atomic mass is 16.5. The van der Waals surface area contributed by atoms with E-state index in [1.165, 1.54) is 6.07 Å². The minimum Gasteiger partial charge on any atom is -0.496 e. The van der Waals surface area contributed by atoms with Crippen LogP contribution in [0.3, 0.4) is 0 Å². The van der Waals surface area contributed by atoms with Gasteiger partial charge >= 0.3 is 5.76 Å². The molecule has 1 amide bonds. The second-order valence-corrected chi connectivity index (χ2v) is 4.72. The van der Waals surface area contributed by atoms with Crippen LogP contribution in [-0.2, 0) is 6.54 Å². The Morgan fingerprint density at radius 2 is 2.09 bits per heavy atom. The quantitative estimate of drug-likeness (QED) is 0.772. The number of rotatable bonds is 4. The molecule has 0 unspecified atom stereocenters. The summed E-state index contributed by atoms with van der Waals surface area (Å²) in [6, 6.07) is 12.3. The van der Waals surface area contributed by atoms with Gasteiger partial charge in [-0.05, 0) is 24.3 Å². The van der Waals surface area contributed by atoms with E-state index in [1.54, 1.807) is 19.2 Å². The summed E-state index contributed by atoms with van der Waals surface area (Å²) >= 11 is 0. The van der Waals surface area contributed by atoms with E-state index >= 15 is 0 Å². The first-order valence-corrected chi connectivity index (χ1v) is 6.70. The summed E-state index contributed by atoms with van der Waals surface area (Å²) in [6.07, 6.45) is 0. The number of aromatic nitrogens is 1. The lowest BCUT2D eigenvalue weighted by Crippen LogP contribution is -2.22. The van der Waals surface area contributed by atoms with Gasteiger partial charge in [-0.25, -0.2) is 4.79 Å². The Hall–Kier alpha value is -3.02. The molecule has 0 aliphatic rings. The smallest absolute Gasteiger partial charge is 0.417 e. The summed E-state index contributed by atoms with van der Waals surface area (Å²) < 4.78 is 10.2. The first kappa shape index (κ1) is 13.9. The van der Waals surface area contributed by atoms with Gasteiger partial charge in [-0.15, -0.1) is 0 Å². The lowest BCUT2D eigenvalue weighted by atomic mass is 10.1. The number of methoxy groups -OCH3 is 1. The zero-order chi connectivity index (χ0) is 15.5. The lowest BCUT2D eigenvalue weighted by molar-refractivity contribution is 0.0950. The maximum Gasteiger partial charge on any atom is 0.417 e. The van der Waals surface area contributed by atoms with Crippen LogP contribution in [0.25, 0.3) is 11.1 Å². The van der Waals surface area contributed by atoms with Crippen LogP contribution in [0.1, 0.15) is 15.9 Å². The fourth-order valence-corrected chi connectivity index (χ4v) is 2.21. The van der Waals surface area contributed by atoms with Crippen molar-refractivity contribution in [2.45, 2.75) is 6.54 Å². The van der Waals surface area contributed by atoms with Crippen LogP contribution in [0.15, 0.2) is 51.7 Å². The van der Waals surface area contributed by atoms with Crippen LogP contribution < -0.4 is 15.8 Å². The van der Waals surface area contributed by atoms with Crippen LogP contribution in [0, 0.1) is 0 Å². The van der Waals surface area contributed by atoms with Crippen LogP contribution in [0.2, 0.25) is 0 Å². The molecule has 6 heteroatoms. The molecule has 1 heterocycles. The minimum atomic E-state index is -0.540. The summed E-state index contributed by atoms with van der Waals surface area (Å²) in [5, 5.41) is 2.81. The molecule has 2 N–H and O–H groups in total. The highest BCUT2D eigenvalue weighted by Crippen LogP contribution is 2.17. The van der Waals surface area contributed by atoms with Gasteiger partial charge in [-0.2, -0.15) is 0 Å². The van der Waals surface area contributed by atoms with Gasteiger partial charge in [0.15, 0.2) is 5.58 Å². The number of carbonyl (C=O) groups excluding carboxylic acids is 1. The van der Waals surface area contributed by atoms with Crippen molar-refractivity contribution in [1.82, 2.24) is 10.3 Å². The molecular weight excluding hydrogens is 284 g/mol. The van der Waals surface area contributed by atoms with Gasteiger partial charge in [0.1, 0.15) is 5.75 Å². The number of nitrogens with one attached hydrogen (secondary N) is 2. The summed E-state index contributed by atoms with van der Waals surface area (Å²) in [5.41, 5.74) is 2.22. The maximum absolute atomic E-state index is 12.2. The summed E-state index contributed by atoms with van der Waals surface area (Å²) in [4.78, 5) is 25.8. The molecule has 0 atom stereocenters. The van der Waals surface area contributed by atoms with Crippen molar-refractivity contribution in [3.05, 3.63) is 64.1 Å². The van der Waals surface area contributed by atoms with Gasteiger partial charge in [-0.3, -0.25) is 9.78 Å². The number of carbonyl (C=O) groups is 1. The Kier molecular flexibility index (Phi) is 3.65. The third kappa shape index (κ3) is 2.71. The second kappa shape index (κ2) is 5.77. The predicted octanol–water partition coefficient (Wildman–Crippen LogP) is 2.06. The van der Waals surface area contributed by atoms with E-state index in [0.717, 1.165) is 11.3 Å². The van der Waals surface area contributed by atoms with Crippen molar-refractivity contribution in [1.29, 1.82) is 0 Å². The number of ether oxygens (including phenoxy) is 1. The summed E-state index contributed by atoms with van der Waals surface area (Å²) in [6.45, 7) is 0.345. The highest BCUT2D eigenvalue weighted by molar-refractivity contribution is 5.96. The number of hydrogen-bond acceptors (Lipinski definition) is 4. The zero-order valence-corrected chi connectivity index (χ0v) is 11.9. The topological polar surface area (TPSA) is 84.3 Å². The molecule has 22 heavy (non-hydrogen) atoms. The average Bonchev–Trinajstić information content (AvgIpc) is 2.91. The average molecular weight is 298 g/mol. The normalized spacial score (nSPS) is 10.6. The number of fused-ring (bicyclic) bond motifs is 1. The van der Waals surface area contributed by atoms with Gasteiger partial charge in [-0.1, -0.05) is 18.2 Å². The molecule has 3 rings (SSSR count). The Balaban J connectivity index is 1.76. The van der Waals surface area contributed by atoms with Crippen LogP contribution in [0.5, 0.6) is 5.75 Å². The van der Waals surface area contributed by atoms with Crippen molar-refractivity contribution < 1.29 is 13.9 Å². The Morgan fingerprint density at radius 3 is 2.91 bits per heavy atom. The van der Waals surface area contributed by atoms with Crippen LogP contribution >= 0.6 is 0 Å². The number of oxazole rings is 1. The molecule has 0 aliphatic heterocycles. The summed E-state index contributed by atoms with van der Waals surface area (Å²) in [5.74, 6) is -0.0758. The number of amides is 1. The fraction of sp³-hybridized carbons (Fsp3) is 0.125. The zero-order valence-electron chi connectivity index (χ0n) is 11.9. The molecule has 112 valence electrons. The molecule has 1 aromatic heterocycles. The van der Waals surface area contributed by atoms with Crippen molar-refractivity contribution >= 4 is 17.0 Å². The molecule has 2 aromatic carbocycles. The van der Waals surface area contributed by atoms with Gasteiger partial charge < -0.3 is 14.5 Å². The SMILES string of the molecule is COc1ccccc1CNC(=O)c1ccc2[nH]c(=O)oc2c1. The number of benzene rings is 2. The predicted molar refractivity (Wildman–Crippen MR) is 81.0 cm³/mol. The molecule has 0 aliphatic carbocycles. The number of H-pyrrole nitrogens is 1. The largest absolute Gasteiger partial charge is 0.496 e. The van der Waals surface area contributed by atoms with E-state index in [9.17, 15) is 9.59 Å². The Bertz CT molecular complexity index is 879. The van der Waals surface area contributed by atoms with E-state index in [-0.39, 0.29) is 5.91 Å². The van der Waals surface area contributed by atoms with Crippen molar-refractivity contribution in [2.75, 3.05) is 7.11 Å². The third-order valence-electron chi connectivity index (χ3n) is 3.32. The van der Waals surface area contributed by atoms with E-state index in [2.05, 4.69) is 10.3 Å². The highest BCUT2D eigenvalue weighted by Gasteiger charge is 2.10. The number of para-hydroxylation sites is 1. The maximum atomic E-state index is 12.2. The van der Waals surface area contributed by atoms with E-state index in [0.29, 0.717) is 23.2 Å². The van der Waals surface area contributed by atoms with E-state index in [4.69, 9.17) is 9.15 Å². The first-order valence-electron chi connectivity index (χ1n) is 6.70. The van der Waals surface area contributed by atoms with Crippen molar-refractivity contribution in [3.63, 3.8) is 0 Å². The van der Waals surface area contributed by atoms with Gasteiger partial charge in [0.05, 0.1) is 12.6 Å². The van der Waals surface area contributed by atoms with E-state index in [1.807, 2.05) is 24.3 Å². The molecule has 0 fully saturated rings. The summed E-state index contributed by atoms with van der Waals surface area (Å²) in [7, 11) is 1.59. The molecule has 0 spiro atoms. The number of aromatic amines is 1. The second-order valence-electron chi connectivity index (χ2n) is 4.72. The fourth-order valence-electron chi connectivity index (χ4n) is 2.21. The minimum absolute atomic E-state index is 0.253. The molecule has 0 radical (unpaired) electrons. The van der Waals surface area contributed by atoms with Gasteiger partial charge in [0, 0.05) is 17.7 Å². The van der Waals surface area contributed by atoms with Crippen LogP contribution in [-0.4, -0.2) is 18.0 Å². The van der Waals surface area contributed by atoms with Crippen LogP contribution in [0.4, 0.5) is 0 Å². The Labute approximate surface area is 125 Å². The molecule has 0 saturated carbocycles. The molecular formula is C16H14N2O4. The van der Waals surface area contributed by atoms with E-state index < -0.39 is 5.76 Å². The van der Waals surface area contributed by atoms with Crippen molar-refractivity contribution in [2.24, 2.45) is 0 Å². The van der Waals surface area contributed by atoms with Gasteiger partial charge in [0.2, 0.25) is 0 Å². The van der Waals surface area contributed by atoms with Gasteiger partial charge in [0.25, 0.3) is 5.91 Å². The third-order valence-corrected chi connectivity index (χ3v) is 3.32. The standard InChI is InChI=1S/C16H14N2O4/c1-21-13-5-3-2-4-11(13)9-17-15(19)10-6-7-12-14(8-10)22-16(20)18-12/h2-8H,9H2,1H3,(H,17,19)(H,18,20). The molecule has 3 aromatic rings. The lowest BCUT2D eigenvalue weighted by Gasteiger charge is -2.09.